The van der Waals surface area contributed by atoms with Crippen molar-refractivity contribution in [3.8, 4) is 0 Å². The van der Waals surface area contributed by atoms with Gasteiger partial charge in [0.2, 0.25) is 5.91 Å². The molecule has 1 atom stereocenters. The molecular weight excluding hydrogens is 176 g/mol. The number of rotatable bonds is 4. The summed E-state index contributed by atoms with van der Waals surface area (Å²) < 4.78 is 0. The first-order valence-corrected chi connectivity index (χ1v) is 5.32. The molecule has 0 aliphatic carbocycles. The molecule has 14 heavy (non-hydrogen) atoms. The fraction of sp³-hybridized carbons (Fsp3) is 0.727. The van der Waals surface area contributed by atoms with Crippen LogP contribution in [0.2, 0.25) is 0 Å². The molecule has 0 bridgehead atoms. The first-order chi connectivity index (χ1) is 6.65. The highest BCUT2D eigenvalue weighted by Gasteiger charge is 2.15. The predicted molar refractivity (Wildman–Crippen MR) is 58.0 cm³/mol. The van der Waals surface area contributed by atoms with Crippen molar-refractivity contribution in [2.45, 2.75) is 27.2 Å². The average Bonchev–Trinajstić information content (AvgIpc) is 2.10. The van der Waals surface area contributed by atoms with Gasteiger partial charge in [-0.05, 0) is 18.4 Å². The van der Waals surface area contributed by atoms with Crippen molar-refractivity contribution in [2.75, 3.05) is 19.6 Å². The van der Waals surface area contributed by atoms with E-state index < -0.39 is 0 Å². The van der Waals surface area contributed by atoms with Crippen molar-refractivity contribution >= 4 is 5.91 Å². The fourth-order valence-electron chi connectivity index (χ4n) is 1.22. The first kappa shape index (κ1) is 11.2. The lowest BCUT2D eigenvalue weighted by atomic mass is 10.0. The molecule has 0 aromatic rings. The second-order valence-electron chi connectivity index (χ2n) is 4.06. The van der Waals surface area contributed by atoms with E-state index in [1.807, 2.05) is 6.92 Å². The third kappa shape index (κ3) is 2.84. The molecule has 3 nitrogen and oxygen atoms in total. The Balaban J connectivity index is 2.34. The zero-order valence-electron chi connectivity index (χ0n) is 9.31. The van der Waals surface area contributed by atoms with Gasteiger partial charge in [0.25, 0.3) is 0 Å². The summed E-state index contributed by atoms with van der Waals surface area (Å²) in [5.41, 5.74) is 2.14. The van der Waals surface area contributed by atoms with Gasteiger partial charge >= 0.3 is 0 Å². The van der Waals surface area contributed by atoms with Gasteiger partial charge in [-0.25, -0.2) is 0 Å². The Kier molecular flexibility index (Phi) is 4.14. The second kappa shape index (κ2) is 5.15. The minimum atomic E-state index is 0.0989. The van der Waals surface area contributed by atoms with E-state index in [0.717, 1.165) is 31.6 Å². The van der Waals surface area contributed by atoms with Gasteiger partial charge < -0.3 is 10.6 Å². The standard InChI is InChI=1S/C11H20N2O/c1-4-8(2)5-13-11(14)9(3)10-6-12-7-10/h8,12H,4-7H2,1-3H3,(H,13,14). The van der Waals surface area contributed by atoms with Crippen molar-refractivity contribution in [1.82, 2.24) is 10.6 Å². The predicted octanol–water partition coefficient (Wildman–Crippen LogP) is 1.07. The molecule has 0 saturated carbocycles. The minimum Gasteiger partial charge on any atom is -0.352 e. The monoisotopic (exact) mass is 196 g/mol. The van der Waals surface area contributed by atoms with Crippen molar-refractivity contribution in [3.05, 3.63) is 11.1 Å². The van der Waals surface area contributed by atoms with Crippen LogP contribution < -0.4 is 10.6 Å². The highest BCUT2D eigenvalue weighted by atomic mass is 16.1. The van der Waals surface area contributed by atoms with Crippen LogP contribution in [-0.2, 0) is 4.79 Å². The molecule has 0 radical (unpaired) electrons. The summed E-state index contributed by atoms with van der Waals surface area (Å²) in [6, 6.07) is 0. The molecule has 0 aromatic carbocycles. The minimum absolute atomic E-state index is 0.0989. The lowest BCUT2D eigenvalue weighted by Crippen LogP contribution is -2.38. The molecule has 1 aliphatic heterocycles. The topological polar surface area (TPSA) is 41.1 Å². The average molecular weight is 196 g/mol. The SMILES string of the molecule is CCC(C)CNC(=O)C(C)=C1CNC1. The van der Waals surface area contributed by atoms with Crippen LogP contribution in [-0.4, -0.2) is 25.5 Å². The summed E-state index contributed by atoms with van der Waals surface area (Å²) in [5, 5.41) is 6.09. The summed E-state index contributed by atoms with van der Waals surface area (Å²) in [4.78, 5) is 11.6. The second-order valence-corrected chi connectivity index (χ2v) is 4.06. The summed E-state index contributed by atoms with van der Waals surface area (Å²) in [7, 11) is 0. The lowest BCUT2D eigenvalue weighted by Gasteiger charge is -2.21. The highest BCUT2D eigenvalue weighted by Crippen LogP contribution is 2.08. The summed E-state index contributed by atoms with van der Waals surface area (Å²) in [6.07, 6.45) is 1.11. The van der Waals surface area contributed by atoms with Crippen LogP contribution in [0.4, 0.5) is 0 Å². The Hall–Kier alpha value is -0.830. The molecule has 1 heterocycles. The molecule has 3 heteroatoms. The Morgan fingerprint density at radius 2 is 2.21 bits per heavy atom. The van der Waals surface area contributed by atoms with Crippen molar-refractivity contribution in [3.63, 3.8) is 0 Å². The molecule has 2 N–H and O–H groups in total. The molecule has 1 unspecified atom stereocenters. The normalized spacial score (nSPS) is 17.2. The van der Waals surface area contributed by atoms with E-state index in [1.54, 1.807) is 0 Å². The van der Waals surface area contributed by atoms with Crippen LogP contribution in [0, 0.1) is 5.92 Å². The van der Waals surface area contributed by atoms with E-state index in [2.05, 4.69) is 24.5 Å². The Bertz CT molecular complexity index is 240. The number of hydrogen-bond donors (Lipinski definition) is 2. The zero-order valence-corrected chi connectivity index (χ0v) is 9.31. The molecule has 0 aromatic heterocycles. The van der Waals surface area contributed by atoms with Gasteiger partial charge in [-0.2, -0.15) is 0 Å². The first-order valence-electron chi connectivity index (χ1n) is 5.32. The summed E-state index contributed by atoms with van der Waals surface area (Å²) in [6.45, 7) is 8.73. The largest absolute Gasteiger partial charge is 0.352 e. The summed E-state index contributed by atoms with van der Waals surface area (Å²) >= 11 is 0. The maximum Gasteiger partial charge on any atom is 0.246 e. The number of hydrogen-bond acceptors (Lipinski definition) is 2. The van der Waals surface area contributed by atoms with E-state index in [0.29, 0.717) is 5.92 Å². The summed E-state index contributed by atoms with van der Waals surface area (Å²) in [5.74, 6) is 0.665. The smallest absolute Gasteiger partial charge is 0.246 e. The van der Waals surface area contributed by atoms with Gasteiger partial charge in [-0.3, -0.25) is 4.79 Å². The highest BCUT2D eigenvalue weighted by molar-refractivity contribution is 5.93. The molecule has 0 spiro atoms. The Morgan fingerprint density at radius 3 is 2.64 bits per heavy atom. The maximum atomic E-state index is 11.6. The molecule has 80 valence electrons. The third-order valence-electron chi connectivity index (χ3n) is 2.86. The molecule has 1 aliphatic rings. The van der Waals surface area contributed by atoms with Crippen molar-refractivity contribution in [1.29, 1.82) is 0 Å². The molecule has 1 amide bonds. The van der Waals surface area contributed by atoms with Gasteiger partial charge in [0.1, 0.15) is 0 Å². The Morgan fingerprint density at radius 1 is 1.57 bits per heavy atom. The number of carbonyl (C=O) groups excluding carboxylic acids is 1. The van der Waals surface area contributed by atoms with Crippen molar-refractivity contribution in [2.24, 2.45) is 5.92 Å². The van der Waals surface area contributed by atoms with Crippen LogP contribution >= 0.6 is 0 Å². The van der Waals surface area contributed by atoms with Crippen LogP contribution in [0.3, 0.4) is 0 Å². The maximum absolute atomic E-state index is 11.6. The van der Waals surface area contributed by atoms with Crippen LogP contribution in [0.1, 0.15) is 27.2 Å². The van der Waals surface area contributed by atoms with Gasteiger partial charge in [0, 0.05) is 25.2 Å². The number of carbonyl (C=O) groups is 1. The quantitative estimate of drug-likeness (QED) is 0.660. The van der Waals surface area contributed by atoms with Crippen LogP contribution in [0.15, 0.2) is 11.1 Å². The van der Waals surface area contributed by atoms with E-state index in [4.69, 9.17) is 0 Å². The van der Waals surface area contributed by atoms with Crippen LogP contribution in [0.25, 0.3) is 0 Å². The van der Waals surface area contributed by atoms with Gasteiger partial charge in [-0.15, -0.1) is 0 Å². The van der Waals surface area contributed by atoms with Crippen LogP contribution in [0.5, 0.6) is 0 Å². The van der Waals surface area contributed by atoms with Crippen molar-refractivity contribution < 1.29 is 4.79 Å². The van der Waals surface area contributed by atoms with Gasteiger partial charge in [0.05, 0.1) is 0 Å². The third-order valence-corrected chi connectivity index (χ3v) is 2.86. The molecular formula is C11H20N2O. The number of nitrogens with one attached hydrogen (secondary N) is 2. The molecule has 1 rings (SSSR count). The Labute approximate surface area is 86.0 Å². The molecule has 1 saturated heterocycles. The van der Waals surface area contributed by atoms with E-state index in [-0.39, 0.29) is 5.91 Å². The van der Waals surface area contributed by atoms with Gasteiger partial charge in [0.15, 0.2) is 0 Å². The van der Waals surface area contributed by atoms with E-state index in [9.17, 15) is 4.79 Å². The fourth-order valence-corrected chi connectivity index (χ4v) is 1.22. The lowest BCUT2D eigenvalue weighted by molar-refractivity contribution is -0.117. The zero-order chi connectivity index (χ0) is 10.6. The molecule has 1 fully saturated rings. The van der Waals surface area contributed by atoms with E-state index >= 15 is 0 Å². The van der Waals surface area contributed by atoms with E-state index in [1.165, 1.54) is 5.57 Å². The van der Waals surface area contributed by atoms with Gasteiger partial charge in [-0.1, -0.05) is 20.3 Å². The number of amides is 1.